The van der Waals surface area contributed by atoms with E-state index < -0.39 is 5.91 Å². The molecule has 92 valence electrons. The summed E-state index contributed by atoms with van der Waals surface area (Å²) in [5, 5.41) is 5.83. The van der Waals surface area contributed by atoms with Gasteiger partial charge in [-0.1, -0.05) is 0 Å². The molecule has 0 bridgehead atoms. The van der Waals surface area contributed by atoms with Crippen molar-refractivity contribution in [2.24, 2.45) is 5.73 Å². The second kappa shape index (κ2) is 5.16. The molecule has 0 unspecified atom stereocenters. The number of hydrogen-bond acceptors (Lipinski definition) is 4. The Kier molecular flexibility index (Phi) is 3.80. The molecule has 0 aromatic carbocycles. The van der Waals surface area contributed by atoms with Crippen LogP contribution in [0.25, 0.3) is 0 Å². The van der Waals surface area contributed by atoms with Crippen LogP contribution in [0.15, 0.2) is 9.85 Å². The van der Waals surface area contributed by atoms with Crippen molar-refractivity contribution in [2.75, 3.05) is 11.9 Å². The minimum atomic E-state index is -0.532. The van der Waals surface area contributed by atoms with Crippen molar-refractivity contribution in [3.63, 3.8) is 0 Å². The smallest absolute Gasteiger partial charge is 0.260 e. The fourth-order valence-electron chi connectivity index (χ4n) is 1.77. The highest BCUT2D eigenvalue weighted by atomic mass is 79.9. The van der Waals surface area contributed by atoms with Gasteiger partial charge in [-0.2, -0.15) is 0 Å². The number of nitrogens with two attached hydrogens (primary N) is 1. The second-order valence-corrected chi connectivity index (χ2v) is 6.23. The number of anilines is 1. The molecule has 1 atom stereocenters. The van der Waals surface area contributed by atoms with Crippen molar-refractivity contribution in [1.29, 1.82) is 0 Å². The molecule has 1 aliphatic heterocycles. The number of thiophene rings is 1. The summed E-state index contributed by atoms with van der Waals surface area (Å²) in [6, 6.07) is 1.52. The number of nitrogens with one attached hydrogen (secondary N) is 2. The Balaban J connectivity index is 2.12. The fraction of sp³-hybridized carbons (Fsp3) is 0.400. The summed E-state index contributed by atoms with van der Waals surface area (Å²) in [6.45, 7) is 0.855. The van der Waals surface area contributed by atoms with Gasteiger partial charge in [-0.05, 0) is 41.4 Å². The average Bonchev–Trinajstić information content (AvgIpc) is 2.86. The summed E-state index contributed by atoms with van der Waals surface area (Å²) in [6.07, 6.45) is 1.82. The zero-order chi connectivity index (χ0) is 12.4. The van der Waals surface area contributed by atoms with Crippen LogP contribution in [-0.2, 0) is 4.79 Å². The van der Waals surface area contributed by atoms with Crippen molar-refractivity contribution in [2.45, 2.75) is 18.9 Å². The Bertz CT molecular complexity index is 454. The molecule has 2 amide bonds. The van der Waals surface area contributed by atoms with E-state index in [-0.39, 0.29) is 11.9 Å². The maximum Gasteiger partial charge on any atom is 0.260 e. The topological polar surface area (TPSA) is 84.2 Å². The van der Waals surface area contributed by atoms with E-state index in [0.717, 1.165) is 23.2 Å². The average molecular weight is 318 g/mol. The Morgan fingerprint density at radius 2 is 2.35 bits per heavy atom. The Labute approximate surface area is 111 Å². The summed E-state index contributed by atoms with van der Waals surface area (Å²) >= 11 is 4.48. The molecule has 5 nitrogen and oxygen atoms in total. The molecule has 4 N–H and O–H groups in total. The van der Waals surface area contributed by atoms with Gasteiger partial charge in [0.05, 0.1) is 15.5 Å². The van der Waals surface area contributed by atoms with Crippen molar-refractivity contribution < 1.29 is 9.59 Å². The van der Waals surface area contributed by atoms with Gasteiger partial charge in [0.15, 0.2) is 0 Å². The zero-order valence-corrected chi connectivity index (χ0v) is 11.4. The molecule has 1 fully saturated rings. The van der Waals surface area contributed by atoms with Crippen LogP contribution in [0.3, 0.4) is 0 Å². The first-order valence-electron chi connectivity index (χ1n) is 5.21. The van der Waals surface area contributed by atoms with Crippen LogP contribution in [0, 0.1) is 0 Å². The number of rotatable bonds is 3. The predicted molar refractivity (Wildman–Crippen MR) is 70.2 cm³/mol. The molecule has 0 radical (unpaired) electrons. The van der Waals surface area contributed by atoms with Crippen LogP contribution in [0.4, 0.5) is 5.69 Å². The van der Waals surface area contributed by atoms with Gasteiger partial charge in [0.25, 0.3) is 5.91 Å². The normalized spacial score (nSPS) is 19.2. The van der Waals surface area contributed by atoms with Crippen molar-refractivity contribution in [1.82, 2.24) is 5.32 Å². The van der Waals surface area contributed by atoms with Crippen LogP contribution in [0.5, 0.6) is 0 Å². The Hall–Kier alpha value is -0.920. The minimum absolute atomic E-state index is 0.115. The predicted octanol–water partition coefficient (Wildman–Crippen LogP) is 1.30. The highest BCUT2D eigenvalue weighted by Gasteiger charge is 2.24. The van der Waals surface area contributed by atoms with Gasteiger partial charge in [0, 0.05) is 0 Å². The number of carbonyl (C=O) groups is 2. The van der Waals surface area contributed by atoms with Crippen molar-refractivity contribution in [3.05, 3.63) is 14.7 Å². The first kappa shape index (κ1) is 12.5. The highest BCUT2D eigenvalue weighted by Crippen LogP contribution is 2.31. The van der Waals surface area contributed by atoms with Crippen molar-refractivity contribution in [3.8, 4) is 0 Å². The third-order valence-electron chi connectivity index (χ3n) is 2.56. The fourth-order valence-corrected chi connectivity index (χ4v) is 3.17. The molecule has 2 rings (SSSR count). The van der Waals surface area contributed by atoms with Gasteiger partial charge in [-0.15, -0.1) is 11.3 Å². The molecule has 1 aromatic heterocycles. The summed E-state index contributed by atoms with van der Waals surface area (Å²) in [5.41, 5.74) is 5.72. The first-order chi connectivity index (χ1) is 8.08. The summed E-state index contributed by atoms with van der Waals surface area (Å²) < 4.78 is 0.765. The summed E-state index contributed by atoms with van der Waals surface area (Å²) in [7, 11) is 0. The molecule has 1 aromatic rings. The molecule has 2 heterocycles. The van der Waals surface area contributed by atoms with E-state index in [2.05, 4.69) is 26.6 Å². The molecule has 1 aliphatic rings. The number of amides is 2. The maximum absolute atomic E-state index is 11.9. The first-order valence-corrected chi connectivity index (χ1v) is 6.82. The molecule has 0 aliphatic carbocycles. The van der Waals surface area contributed by atoms with Gasteiger partial charge in [0.2, 0.25) is 5.91 Å². The largest absolute Gasteiger partial charge is 0.365 e. The van der Waals surface area contributed by atoms with Gasteiger partial charge < -0.3 is 16.4 Å². The Morgan fingerprint density at radius 1 is 1.59 bits per heavy atom. The van der Waals surface area contributed by atoms with Gasteiger partial charge in [-0.25, -0.2) is 0 Å². The van der Waals surface area contributed by atoms with E-state index >= 15 is 0 Å². The van der Waals surface area contributed by atoms with Gasteiger partial charge in [0.1, 0.15) is 4.88 Å². The van der Waals surface area contributed by atoms with E-state index in [1.165, 1.54) is 11.3 Å². The highest BCUT2D eigenvalue weighted by molar-refractivity contribution is 9.11. The lowest BCUT2D eigenvalue weighted by Gasteiger charge is -2.10. The summed E-state index contributed by atoms with van der Waals surface area (Å²) in [5.74, 6) is -0.648. The number of carbonyl (C=O) groups excluding carboxylic acids is 2. The SMILES string of the molecule is NC(=O)c1sc(Br)cc1NC(=O)[C@@H]1CCCN1. The van der Waals surface area contributed by atoms with Crippen LogP contribution in [0.2, 0.25) is 0 Å². The van der Waals surface area contributed by atoms with E-state index in [1.54, 1.807) is 6.07 Å². The van der Waals surface area contributed by atoms with E-state index in [0.29, 0.717) is 10.6 Å². The number of halogens is 1. The van der Waals surface area contributed by atoms with Gasteiger partial charge >= 0.3 is 0 Å². The van der Waals surface area contributed by atoms with Crippen LogP contribution < -0.4 is 16.4 Å². The molecular weight excluding hydrogens is 306 g/mol. The van der Waals surface area contributed by atoms with Crippen molar-refractivity contribution >= 4 is 44.8 Å². The molecule has 0 spiro atoms. The van der Waals surface area contributed by atoms with E-state index in [4.69, 9.17) is 5.73 Å². The molecular formula is C10H12BrN3O2S. The molecule has 7 heteroatoms. The molecule has 0 saturated carbocycles. The van der Waals surface area contributed by atoms with Gasteiger partial charge in [-0.3, -0.25) is 9.59 Å². The molecule has 1 saturated heterocycles. The number of primary amides is 1. The number of hydrogen-bond donors (Lipinski definition) is 3. The van der Waals surface area contributed by atoms with Crippen LogP contribution in [-0.4, -0.2) is 24.4 Å². The Morgan fingerprint density at radius 3 is 2.94 bits per heavy atom. The quantitative estimate of drug-likeness (QED) is 0.785. The lowest BCUT2D eigenvalue weighted by molar-refractivity contribution is -0.117. The monoisotopic (exact) mass is 317 g/mol. The lowest BCUT2D eigenvalue weighted by Crippen LogP contribution is -2.35. The standard InChI is InChI=1S/C10H12BrN3O2S/c11-7-4-6(8(17-7)9(12)15)14-10(16)5-2-1-3-13-5/h4-5,13H,1-3H2,(H2,12,15)(H,14,16)/t5-/m0/s1. The zero-order valence-electron chi connectivity index (χ0n) is 8.96. The van der Waals surface area contributed by atoms with Crippen LogP contribution in [0.1, 0.15) is 22.5 Å². The minimum Gasteiger partial charge on any atom is -0.365 e. The third-order valence-corrected chi connectivity index (χ3v) is 4.21. The van der Waals surface area contributed by atoms with Crippen LogP contribution >= 0.6 is 27.3 Å². The van der Waals surface area contributed by atoms with E-state index in [1.807, 2.05) is 0 Å². The van der Waals surface area contributed by atoms with E-state index in [9.17, 15) is 9.59 Å². The molecule has 17 heavy (non-hydrogen) atoms. The summed E-state index contributed by atoms with van der Waals surface area (Å²) in [4.78, 5) is 23.4. The second-order valence-electron chi connectivity index (χ2n) is 3.80. The lowest BCUT2D eigenvalue weighted by atomic mass is 10.2. The third kappa shape index (κ3) is 2.85. The maximum atomic E-state index is 11.9.